The number of carbonyl (C=O) groups excluding carboxylic acids is 1. The average molecular weight is 245 g/mol. The number of hydrazine groups is 1. The lowest BCUT2D eigenvalue weighted by Crippen LogP contribution is -2.44. The molecule has 0 fully saturated rings. The largest absolute Gasteiger partial charge is 0.411 e. The van der Waals surface area contributed by atoms with Crippen LogP contribution in [0.5, 0.6) is 0 Å². The minimum atomic E-state index is -4.38. The number of nitrogens with one attached hydrogen (secondary N) is 2. The Morgan fingerprint density at radius 1 is 1.40 bits per heavy atom. The molecule has 4 N–H and O–H groups in total. The third kappa shape index (κ3) is 10.8. The van der Waals surface area contributed by atoms with Gasteiger partial charge in [-0.1, -0.05) is 0 Å². The van der Waals surface area contributed by atoms with Crippen LogP contribution in [0, 0.1) is 0 Å². The zero-order valence-electron chi connectivity index (χ0n) is 7.56. The molecular weight excluding hydrogens is 235 g/mol. The molecule has 0 atom stereocenters. The Kier molecular flexibility index (Phi) is 5.94. The maximum Gasteiger partial charge on any atom is 0.411 e. The van der Waals surface area contributed by atoms with E-state index in [-0.39, 0.29) is 18.1 Å². The van der Waals surface area contributed by atoms with Gasteiger partial charge in [-0.3, -0.25) is 15.6 Å². The molecule has 1 amide bonds. The summed E-state index contributed by atoms with van der Waals surface area (Å²) in [5, 5.41) is -0.139. The first-order valence-electron chi connectivity index (χ1n) is 3.80. The second kappa shape index (κ2) is 6.40. The third-order valence-electron chi connectivity index (χ3n) is 1.06. The summed E-state index contributed by atoms with van der Waals surface area (Å²) in [5.74, 6) is -0.565. The minimum Gasteiger partial charge on any atom is -0.375 e. The number of thiocarbonyl (C=S) groups is 1. The number of rotatable bonds is 4. The van der Waals surface area contributed by atoms with Crippen LogP contribution >= 0.6 is 12.2 Å². The molecule has 0 aromatic carbocycles. The van der Waals surface area contributed by atoms with Crippen LogP contribution in [-0.4, -0.2) is 30.4 Å². The fourth-order valence-corrected chi connectivity index (χ4v) is 0.598. The molecule has 88 valence electrons. The van der Waals surface area contributed by atoms with Gasteiger partial charge in [0.1, 0.15) is 6.61 Å². The van der Waals surface area contributed by atoms with E-state index in [0.29, 0.717) is 0 Å². The molecule has 0 aliphatic carbocycles. The van der Waals surface area contributed by atoms with Crippen molar-refractivity contribution in [2.75, 3.05) is 13.2 Å². The molecule has 0 saturated heterocycles. The van der Waals surface area contributed by atoms with Crippen molar-refractivity contribution in [2.45, 2.75) is 12.6 Å². The van der Waals surface area contributed by atoms with Crippen LogP contribution < -0.4 is 16.6 Å². The molecule has 0 saturated carbocycles. The average Bonchev–Trinajstić information content (AvgIpc) is 2.07. The molecule has 0 aliphatic heterocycles. The van der Waals surface area contributed by atoms with Crippen LogP contribution in [-0.2, 0) is 9.53 Å². The summed E-state index contributed by atoms with van der Waals surface area (Å²) in [7, 11) is 0. The molecule has 15 heavy (non-hydrogen) atoms. The molecule has 0 heterocycles. The van der Waals surface area contributed by atoms with Crippen molar-refractivity contribution >= 4 is 23.2 Å². The van der Waals surface area contributed by atoms with Gasteiger partial charge < -0.3 is 10.5 Å². The van der Waals surface area contributed by atoms with Gasteiger partial charge in [-0.15, -0.1) is 0 Å². The van der Waals surface area contributed by atoms with E-state index in [2.05, 4.69) is 27.8 Å². The van der Waals surface area contributed by atoms with E-state index in [1.54, 1.807) is 0 Å². The lowest BCUT2D eigenvalue weighted by atomic mass is 10.4. The standard InChI is InChI=1S/C6H10F3N3O2S/c7-6(8,9)3-14-2-1-4(13)11-12-5(10)15/h1-3H2,(H,11,13)(H3,10,12,15). The number of hydrogen-bond acceptors (Lipinski definition) is 3. The predicted octanol–water partition coefficient (Wildman–Crippen LogP) is -0.180. The van der Waals surface area contributed by atoms with Gasteiger partial charge in [0.05, 0.1) is 13.0 Å². The van der Waals surface area contributed by atoms with Crippen molar-refractivity contribution in [1.82, 2.24) is 10.9 Å². The Morgan fingerprint density at radius 3 is 2.47 bits per heavy atom. The Balaban J connectivity index is 3.44. The summed E-state index contributed by atoms with van der Waals surface area (Å²) < 4.78 is 38.9. The topological polar surface area (TPSA) is 76.4 Å². The Bertz CT molecular complexity index is 234. The lowest BCUT2D eigenvalue weighted by molar-refractivity contribution is -0.174. The van der Waals surface area contributed by atoms with Gasteiger partial charge in [-0.25, -0.2) is 0 Å². The normalized spacial score (nSPS) is 10.9. The molecule has 0 unspecified atom stereocenters. The predicted molar refractivity (Wildman–Crippen MR) is 49.6 cm³/mol. The highest BCUT2D eigenvalue weighted by Gasteiger charge is 2.27. The van der Waals surface area contributed by atoms with E-state index in [1.165, 1.54) is 0 Å². The molecule has 0 radical (unpaired) electrons. The molecule has 0 bridgehead atoms. The smallest absolute Gasteiger partial charge is 0.375 e. The molecule has 0 rings (SSSR count). The van der Waals surface area contributed by atoms with Gasteiger partial charge in [0.25, 0.3) is 0 Å². The van der Waals surface area contributed by atoms with Crippen molar-refractivity contribution in [3.63, 3.8) is 0 Å². The first-order valence-corrected chi connectivity index (χ1v) is 4.21. The Morgan fingerprint density at radius 2 is 2.00 bits per heavy atom. The highest BCUT2D eigenvalue weighted by atomic mass is 32.1. The van der Waals surface area contributed by atoms with Crippen molar-refractivity contribution in [3.8, 4) is 0 Å². The van der Waals surface area contributed by atoms with E-state index < -0.39 is 18.7 Å². The molecule has 0 aliphatic rings. The van der Waals surface area contributed by atoms with E-state index >= 15 is 0 Å². The summed E-state index contributed by atoms with van der Waals surface area (Å²) in [4.78, 5) is 10.8. The molecule has 0 aromatic rings. The zero-order valence-corrected chi connectivity index (χ0v) is 8.37. The van der Waals surface area contributed by atoms with Crippen LogP contribution in [0.2, 0.25) is 0 Å². The monoisotopic (exact) mass is 245 g/mol. The molecule has 0 aromatic heterocycles. The number of halogens is 3. The van der Waals surface area contributed by atoms with Gasteiger partial charge in [-0.2, -0.15) is 13.2 Å². The van der Waals surface area contributed by atoms with Gasteiger partial charge in [-0.05, 0) is 12.2 Å². The highest BCUT2D eigenvalue weighted by molar-refractivity contribution is 7.80. The van der Waals surface area contributed by atoms with Crippen LogP contribution in [0.15, 0.2) is 0 Å². The number of hydrogen-bond donors (Lipinski definition) is 3. The van der Waals surface area contributed by atoms with Gasteiger partial charge >= 0.3 is 6.18 Å². The van der Waals surface area contributed by atoms with Crippen molar-refractivity contribution in [2.24, 2.45) is 5.73 Å². The van der Waals surface area contributed by atoms with Gasteiger partial charge in [0.15, 0.2) is 5.11 Å². The molecule has 5 nitrogen and oxygen atoms in total. The zero-order chi connectivity index (χ0) is 11.9. The number of alkyl halides is 3. The summed E-state index contributed by atoms with van der Waals surface area (Å²) in [5.41, 5.74) is 9.18. The van der Waals surface area contributed by atoms with Crippen LogP contribution in [0.4, 0.5) is 13.2 Å². The van der Waals surface area contributed by atoms with Crippen molar-refractivity contribution in [3.05, 3.63) is 0 Å². The van der Waals surface area contributed by atoms with Crippen LogP contribution in [0.1, 0.15) is 6.42 Å². The fraction of sp³-hybridized carbons (Fsp3) is 0.667. The summed E-state index contributed by atoms with van der Waals surface area (Å²) in [6, 6.07) is 0. The van der Waals surface area contributed by atoms with Crippen LogP contribution in [0.3, 0.4) is 0 Å². The van der Waals surface area contributed by atoms with E-state index in [1.807, 2.05) is 0 Å². The summed E-state index contributed by atoms with van der Waals surface area (Å²) in [6.07, 6.45) is -4.60. The first kappa shape index (κ1) is 13.9. The Labute approximate surface area is 89.1 Å². The molecule has 9 heteroatoms. The maximum absolute atomic E-state index is 11.6. The van der Waals surface area contributed by atoms with E-state index in [4.69, 9.17) is 5.73 Å². The minimum absolute atomic E-state index is 0.139. The van der Waals surface area contributed by atoms with Crippen molar-refractivity contribution < 1.29 is 22.7 Å². The molecule has 0 spiro atoms. The van der Waals surface area contributed by atoms with E-state index in [9.17, 15) is 18.0 Å². The summed E-state index contributed by atoms with van der Waals surface area (Å²) in [6.45, 7) is -1.70. The lowest BCUT2D eigenvalue weighted by Gasteiger charge is -2.08. The maximum atomic E-state index is 11.6. The molecular formula is C6H10F3N3O2S. The quantitative estimate of drug-likeness (QED) is 0.364. The third-order valence-corrected chi connectivity index (χ3v) is 1.17. The van der Waals surface area contributed by atoms with Crippen molar-refractivity contribution in [1.29, 1.82) is 0 Å². The van der Waals surface area contributed by atoms with Gasteiger partial charge in [0, 0.05) is 0 Å². The number of nitrogens with two attached hydrogens (primary N) is 1. The number of carbonyl (C=O) groups is 1. The van der Waals surface area contributed by atoms with Gasteiger partial charge in [0.2, 0.25) is 5.91 Å². The van der Waals surface area contributed by atoms with Crippen LogP contribution in [0.25, 0.3) is 0 Å². The second-order valence-corrected chi connectivity index (χ2v) is 2.90. The highest BCUT2D eigenvalue weighted by Crippen LogP contribution is 2.14. The number of amides is 1. The fourth-order valence-electron chi connectivity index (χ4n) is 0.547. The SMILES string of the molecule is NC(=S)NNC(=O)CCOCC(F)(F)F. The van der Waals surface area contributed by atoms with E-state index in [0.717, 1.165) is 0 Å². The second-order valence-electron chi connectivity index (χ2n) is 2.46. The summed E-state index contributed by atoms with van der Waals surface area (Å²) >= 11 is 4.37. The Hall–Kier alpha value is -1.09. The first-order chi connectivity index (χ1) is 6.81. The number of ether oxygens (including phenoxy) is 1.